The molecule has 0 amide bonds. The largest absolute Gasteiger partial charge is 0.417 e. The maximum absolute atomic E-state index is 11.0. The minimum absolute atomic E-state index is 0.281. The van der Waals surface area contributed by atoms with Crippen LogP contribution < -0.4 is 16.8 Å². The van der Waals surface area contributed by atoms with E-state index in [0.717, 1.165) is 5.69 Å². The molecule has 0 aliphatic rings. The van der Waals surface area contributed by atoms with Crippen molar-refractivity contribution in [3.63, 3.8) is 0 Å². The van der Waals surface area contributed by atoms with Crippen LogP contribution in [0, 0.1) is 0 Å². The van der Waals surface area contributed by atoms with Crippen LogP contribution in [0.2, 0.25) is 0 Å². The highest BCUT2D eigenvalue weighted by Gasteiger charge is 2.07. The van der Waals surface area contributed by atoms with Gasteiger partial charge in [0.05, 0.1) is 16.9 Å². The van der Waals surface area contributed by atoms with Gasteiger partial charge in [-0.25, -0.2) is 4.79 Å². The van der Waals surface area contributed by atoms with Crippen LogP contribution in [-0.2, 0) is 0 Å². The molecule has 0 radical (unpaired) electrons. The minimum Gasteiger partial charge on any atom is -0.408 e. The summed E-state index contributed by atoms with van der Waals surface area (Å²) in [6.07, 6.45) is 0. The first kappa shape index (κ1) is 9.64. The summed E-state index contributed by atoms with van der Waals surface area (Å²) in [4.78, 5) is 13.5. The molecule has 0 aliphatic carbocycles. The molecule has 0 atom stereocenters. The smallest absolute Gasteiger partial charge is 0.408 e. The van der Waals surface area contributed by atoms with Gasteiger partial charge in [-0.2, -0.15) is 0 Å². The molecule has 15 heavy (non-hydrogen) atoms. The number of nitrogens with two attached hydrogens (primary N) is 1. The van der Waals surface area contributed by atoms with Gasteiger partial charge in [0.1, 0.15) is 0 Å². The molecular formula is C10H13N3O2. The van der Waals surface area contributed by atoms with Crippen molar-refractivity contribution < 1.29 is 4.42 Å². The van der Waals surface area contributed by atoms with E-state index >= 15 is 0 Å². The number of H-pyrrole nitrogens is 1. The van der Waals surface area contributed by atoms with Gasteiger partial charge in [0, 0.05) is 12.1 Å². The van der Waals surface area contributed by atoms with Crippen molar-refractivity contribution in [3.05, 3.63) is 22.7 Å². The maximum Gasteiger partial charge on any atom is 0.417 e. The molecule has 0 saturated heterocycles. The molecule has 0 saturated carbocycles. The third kappa shape index (κ3) is 1.81. The van der Waals surface area contributed by atoms with Crippen LogP contribution in [0.15, 0.2) is 21.3 Å². The first-order valence-electron chi connectivity index (χ1n) is 4.75. The second-order valence-electron chi connectivity index (χ2n) is 3.75. The molecule has 0 aliphatic heterocycles. The van der Waals surface area contributed by atoms with Gasteiger partial charge >= 0.3 is 5.76 Å². The quantitative estimate of drug-likeness (QED) is 0.652. The number of anilines is 2. The lowest BCUT2D eigenvalue weighted by Gasteiger charge is -2.11. The lowest BCUT2D eigenvalue weighted by Crippen LogP contribution is -2.11. The number of hydrogen-bond donors (Lipinski definition) is 3. The van der Waals surface area contributed by atoms with Gasteiger partial charge in [-0.3, -0.25) is 4.98 Å². The molecule has 0 spiro atoms. The lowest BCUT2D eigenvalue weighted by molar-refractivity contribution is 0.555. The molecular weight excluding hydrogens is 194 g/mol. The number of benzene rings is 1. The Balaban J connectivity index is 2.56. The summed E-state index contributed by atoms with van der Waals surface area (Å²) in [5, 5.41) is 3.19. The molecule has 1 aromatic carbocycles. The van der Waals surface area contributed by atoms with Gasteiger partial charge in [0.15, 0.2) is 5.58 Å². The van der Waals surface area contributed by atoms with Crippen LogP contribution in [-0.4, -0.2) is 11.0 Å². The number of fused-ring (bicyclic) bond motifs is 1. The highest BCUT2D eigenvalue weighted by molar-refractivity contribution is 5.85. The number of hydrogen-bond acceptors (Lipinski definition) is 4. The Morgan fingerprint density at radius 3 is 2.87 bits per heavy atom. The average Bonchev–Trinajstić information content (AvgIpc) is 2.44. The summed E-state index contributed by atoms with van der Waals surface area (Å²) >= 11 is 0. The predicted octanol–water partition coefficient (Wildman–Crippen LogP) is 1.52. The van der Waals surface area contributed by atoms with Crippen molar-refractivity contribution in [3.8, 4) is 0 Å². The number of aromatic amines is 1. The fourth-order valence-corrected chi connectivity index (χ4v) is 1.45. The van der Waals surface area contributed by atoms with E-state index in [9.17, 15) is 4.79 Å². The highest BCUT2D eigenvalue weighted by atomic mass is 16.4. The Morgan fingerprint density at radius 2 is 2.20 bits per heavy atom. The van der Waals surface area contributed by atoms with Crippen molar-refractivity contribution in [1.29, 1.82) is 0 Å². The number of nitrogens with one attached hydrogen (secondary N) is 2. The number of oxazole rings is 1. The number of nitrogen functional groups attached to an aromatic ring is 1. The third-order valence-corrected chi connectivity index (χ3v) is 2.04. The van der Waals surface area contributed by atoms with Crippen molar-refractivity contribution >= 4 is 22.5 Å². The molecule has 0 bridgehead atoms. The Morgan fingerprint density at radius 1 is 1.47 bits per heavy atom. The maximum atomic E-state index is 11.0. The van der Waals surface area contributed by atoms with Crippen molar-refractivity contribution in [1.82, 2.24) is 4.98 Å². The van der Waals surface area contributed by atoms with Crippen LogP contribution in [0.1, 0.15) is 13.8 Å². The standard InChI is InChI=1S/C10H13N3O2/c1-5(2)12-7-4-8-9(3-6(7)11)15-10(14)13-8/h3-5,12H,11H2,1-2H3,(H,13,14). The monoisotopic (exact) mass is 207 g/mol. The Kier molecular flexibility index (Phi) is 2.15. The van der Waals surface area contributed by atoms with E-state index in [2.05, 4.69) is 10.3 Å². The fraction of sp³-hybridized carbons (Fsp3) is 0.300. The summed E-state index contributed by atoms with van der Waals surface area (Å²) in [6, 6.07) is 3.69. The van der Waals surface area contributed by atoms with Gasteiger partial charge < -0.3 is 15.5 Å². The molecule has 5 nitrogen and oxygen atoms in total. The van der Waals surface area contributed by atoms with Gasteiger partial charge in [0.25, 0.3) is 0 Å². The summed E-state index contributed by atoms with van der Waals surface area (Å²) in [5.74, 6) is -0.467. The van der Waals surface area contributed by atoms with E-state index in [1.807, 2.05) is 13.8 Å². The zero-order chi connectivity index (χ0) is 11.0. The van der Waals surface area contributed by atoms with E-state index in [4.69, 9.17) is 10.2 Å². The fourth-order valence-electron chi connectivity index (χ4n) is 1.45. The first-order valence-corrected chi connectivity index (χ1v) is 4.75. The van der Waals surface area contributed by atoms with Crippen molar-refractivity contribution in [2.75, 3.05) is 11.1 Å². The van der Waals surface area contributed by atoms with Gasteiger partial charge in [0.2, 0.25) is 0 Å². The first-order chi connectivity index (χ1) is 7.06. The van der Waals surface area contributed by atoms with Crippen LogP contribution in [0.3, 0.4) is 0 Å². The van der Waals surface area contributed by atoms with Crippen LogP contribution in [0.5, 0.6) is 0 Å². The third-order valence-electron chi connectivity index (χ3n) is 2.04. The molecule has 2 aromatic rings. The summed E-state index contributed by atoms with van der Waals surface area (Å²) < 4.78 is 4.89. The zero-order valence-electron chi connectivity index (χ0n) is 8.63. The van der Waals surface area contributed by atoms with E-state index < -0.39 is 5.76 Å². The molecule has 2 rings (SSSR count). The summed E-state index contributed by atoms with van der Waals surface area (Å²) in [6.45, 7) is 4.03. The highest BCUT2D eigenvalue weighted by Crippen LogP contribution is 2.24. The Hall–Kier alpha value is -1.91. The molecule has 4 N–H and O–H groups in total. The number of rotatable bonds is 2. The second-order valence-corrected chi connectivity index (χ2v) is 3.75. The van der Waals surface area contributed by atoms with Crippen molar-refractivity contribution in [2.45, 2.75) is 19.9 Å². The Bertz CT molecular complexity index is 539. The average molecular weight is 207 g/mol. The SMILES string of the molecule is CC(C)Nc1cc2[nH]c(=O)oc2cc1N. The van der Waals surface area contributed by atoms with Crippen LogP contribution >= 0.6 is 0 Å². The van der Waals surface area contributed by atoms with Gasteiger partial charge in [-0.05, 0) is 19.9 Å². The van der Waals surface area contributed by atoms with E-state index in [1.165, 1.54) is 0 Å². The zero-order valence-corrected chi connectivity index (χ0v) is 8.63. The van der Waals surface area contributed by atoms with Crippen LogP contribution in [0.25, 0.3) is 11.1 Å². The summed E-state index contributed by atoms with van der Waals surface area (Å²) in [7, 11) is 0. The van der Waals surface area contributed by atoms with Gasteiger partial charge in [-0.1, -0.05) is 0 Å². The second kappa shape index (κ2) is 3.34. The summed E-state index contributed by atoms with van der Waals surface area (Å²) in [5.41, 5.74) is 8.30. The van der Waals surface area contributed by atoms with Gasteiger partial charge in [-0.15, -0.1) is 0 Å². The molecule has 0 unspecified atom stereocenters. The van der Waals surface area contributed by atoms with E-state index in [0.29, 0.717) is 16.8 Å². The molecule has 5 heteroatoms. The molecule has 1 aromatic heterocycles. The molecule has 80 valence electrons. The lowest BCUT2D eigenvalue weighted by atomic mass is 10.2. The normalized spacial score (nSPS) is 11.1. The molecule has 0 fully saturated rings. The van der Waals surface area contributed by atoms with Crippen molar-refractivity contribution in [2.24, 2.45) is 0 Å². The topological polar surface area (TPSA) is 84.0 Å². The van der Waals surface area contributed by atoms with Crippen LogP contribution in [0.4, 0.5) is 11.4 Å². The minimum atomic E-state index is -0.467. The predicted molar refractivity (Wildman–Crippen MR) is 60.0 cm³/mol. The van der Waals surface area contributed by atoms with E-state index in [-0.39, 0.29) is 6.04 Å². The molecule has 1 heterocycles. The van der Waals surface area contributed by atoms with E-state index in [1.54, 1.807) is 12.1 Å². The number of aromatic nitrogens is 1. The Labute approximate surface area is 86.3 Å².